The summed E-state index contributed by atoms with van der Waals surface area (Å²) in [5.74, 6) is 1.15. The van der Waals surface area contributed by atoms with Crippen molar-refractivity contribution >= 4 is 34.9 Å². The van der Waals surface area contributed by atoms with E-state index in [0.717, 1.165) is 11.1 Å². The summed E-state index contributed by atoms with van der Waals surface area (Å²) in [6.07, 6.45) is 1.60. The van der Waals surface area contributed by atoms with E-state index in [2.05, 4.69) is 0 Å². The molecule has 0 aromatic heterocycles. The second kappa shape index (κ2) is 8.34. The van der Waals surface area contributed by atoms with Crippen molar-refractivity contribution < 1.29 is 9.47 Å². The molecule has 0 aliphatic heterocycles. The van der Waals surface area contributed by atoms with Crippen LogP contribution in [-0.2, 0) is 6.61 Å². The largest absolute Gasteiger partial charge is 0.493 e. The van der Waals surface area contributed by atoms with Crippen LogP contribution in [0.15, 0.2) is 48.0 Å². The van der Waals surface area contributed by atoms with Crippen molar-refractivity contribution in [3.8, 4) is 17.6 Å². The van der Waals surface area contributed by atoms with Crippen LogP contribution >= 0.6 is 23.8 Å². The smallest absolute Gasteiger partial charge is 0.161 e. The molecule has 2 aromatic carbocycles. The maximum atomic E-state index is 9.02. The van der Waals surface area contributed by atoms with Gasteiger partial charge in [0.1, 0.15) is 17.7 Å². The molecule has 0 radical (unpaired) electrons. The van der Waals surface area contributed by atoms with Gasteiger partial charge in [0.15, 0.2) is 11.5 Å². The first-order valence-electron chi connectivity index (χ1n) is 7.00. The number of hydrogen-bond donors (Lipinski definition) is 1. The van der Waals surface area contributed by atoms with Crippen LogP contribution in [0.3, 0.4) is 0 Å². The maximum absolute atomic E-state index is 9.02. The summed E-state index contributed by atoms with van der Waals surface area (Å²) in [5.41, 5.74) is 7.47. The van der Waals surface area contributed by atoms with E-state index in [0.29, 0.717) is 23.1 Å². The van der Waals surface area contributed by atoms with Crippen molar-refractivity contribution in [3.05, 3.63) is 64.2 Å². The number of rotatable bonds is 6. The van der Waals surface area contributed by atoms with Gasteiger partial charge in [-0.15, -0.1) is 0 Å². The molecule has 0 amide bonds. The van der Waals surface area contributed by atoms with Crippen LogP contribution in [0.1, 0.15) is 11.1 Å². The molecule has 24 heavy (non-hydrogen) atoms. The van der Waals surface area contributed by atoms with Crippen molar-refractivity contribution in [1.29, 1.82) is 5.26 Å². The van der Waals surface area contributed by atoms with Gasteiger partial charge in [0.2, 0.25) is 0 Å². The minimum absolute atomic E-state index is 0.0551. The highest BCUT2D eigenvalue weighted by atomic mass is 35.5. The zero-order valence-corrected chi connectivity index (χ0v) is 14.5. The highest BCUT2D eigenvalue weighted by Gasteiger charge is 2.07. The van der Waals surface area contributed by atoms with Gasteiger partial charge in [0.25, 0.3) is 0 Å². The molecular formula is C18H15ClN2O2S. The summed E-state index contributed by atoms with van der Waals surface area (Å²) in [6.45, 7) is 0.388. The van der Waals surface area contributed by atoms with Gasteiger partial charge >= 0.3 is 0 Å². The van der Waals surface area contributed by atoms with Crippen molar-refractivity contribution in [2.75, 3.05) is 7.11 Å². The molecule has 0 fully saturated rings. The minimum atomic E-state index is 0.0551. The SMILES string of the molecule is COc1cc(C=C(C#N)C(N)=S)ccc1OCc1ccc(Cl)cc1. The van der Waals surface area contributed by atoms with Crippen LogP contribution in [0.25, 0.3) is 6.08 Å². The normalized spacial score (nSPS) is 10.8. The summed E-state index contributed by atoms with van der Waals surface area (Å²) in [4.78, 5) is 0.0551. The predicted molar refractivity (Wildman–Crippen MR) is 99.2 cm³/mol. The number of benzene rings is 2. The Hall–Kier alpha value is -2.55. The van der Waals surface area contributed by atoms with E-state index < -0.39 is 0 Å². The Morgan fingerprint density at radius 1 is 1.25 bits per heavy atom. The topological polar surface area (TPSA) is 68.3 Å². The van der Waals surface area contributed by atoms with Crippen molar-refractivity contribution in [3.63, 3.8) is 0 Å². The quantitative estimate of drug-likeness (QED) is 0.478. The van der Waals surface area contributed by atoms with Gasteiger partial charge in [-0.2, -0.15) is 5.26 Å². The third-order valence-electron chi connectivity index (χ3n) is 3.19. The lowest BCUT2D eigenvalue weighted by atomic mass is 10.1. The molecule has 0 heterocycles. The van der Waals surface area contributed by atoms with E-state index in [-0.39, 0.29) is 10.6 Å². The second-order valence-corrected chi connectivity index (χ2v) is 5.74. The summed E-state index contributed by atoms with van der Waals surface area (Å²) in [5, 5.41) is 9.70. The zero-order valence-electron chi connectivity index (χ0n) is 13.0. The highest BCUT2D eigenvalue weighted by molar-refractivity contribution is 7.80. The molecule has 0 bridgehead atoms. The van der Waals surface area contributed by atoms with E-state index in [9.17, 15) is 0 Å². The Balaban J connectivity index is 2.18. The number of thiocarbonyl (C=S) groups is 1. The number of ether oxygens (including phenoxy) is 2. The number of nitrogens with two attached hydrogens (primary N) is 1. The van der Waals surface area contributed by atoms with Gasteiger partial charge < -0.3 is 15.2 Å². The molecule has 2 rings (SSSR count). The fourth-order valence-corrected chi connectivity index (χ4v) is 2.19. The van der Waals surface area contributed by atoms with Gasteiger partial charge in [-0.1, -0.05) is 42.0 Å². The molecule has 2 aromatic rings. The van der Waals surface area contributed by atoms with E-state index in [4.69, 9.17) is 44.3 Å². The summed E-state index contributed by atoms with van der Waals surface area (Å²) in [6, 6.07) is 14.7. The lowest BCUT2D eigenvalue weighted by Crippen LogP contribution is -2.09. The minimum Gasteiger partial charge on any atom is -0.493 e. The standard InChI is InChI=1S/C18H15ClN2O2S/c1-22-17-9-13(8-14(10-20)18(21)24)4-7-16(17)23-11-12-2-5-15(19)6-3-12/h2-9H,11H2,1H3,(H2,21,24). The number of methoxy groups -OCH3 is 1. The van der Waals surface area contributed by atoms with E-state index in [1.807, 2.05) is 30.3 Å². The van der Waals surface area contributed by atoms with E-state index >= 15 is 0 Å². The maximum Gasteiger partial charge on any atom is 0.161 e. The third-order valence-corrected chi connectivity index (χ3v) is 3.66. The Morgan fingerprint density at radius 3 is 2.54 bits per heavy atom. The third kappa shape index (κ3) is 4.72. The molecule has 122 valence electrons. The van der Waals surface area contributed by atoms with Crippen molar-refractivity contribution in [2.45, 2.75) is 6.61 Å². The molecule has 0 aliphatic carbocycles. The predicted octanol–water partition coefficient (Wildman–Crippen LogP) is 4.12. The summed E-state index contributed by atoms with van der Waals surface area (Å²) >= 11 is 10.7. The van der Waals surface area contributed by atoms with E-state index in [1.54, 1.807) is 31.4 Å². The average Bonchev–Trinajstić information content (AvgIpc) is 2.59. The number of nitriles is 1. The van der Waals surface area contributed by atoms with Crippen LogP contribution in [-0.4, -0.2) is 12.1 Å². The lowest BCUT2D eigenvalue weighted by molar-refractivity contribution is 0.284. The second-order valence-electron chi connectivity index (χ2n) is 4.86. The number of halogens is 1. The van der Waals surface area contributed by atoms with Crippen LogP contribution in [0.4, 0.5) is 0 Å². The van der Waals surface area contributed by atoms with Gasteiger partial charge in [-0.25, -0.2) is 0 Å². The first-order chi connectivity index (χ1) is 11.5. The number of hydrogen-bond acceptors (Lipinski definition) is 4. The molecule has 0 spiro atoms. The first-order valence-corrected chi connectivity index (χ1v) is 7.79. The van der Waals surface area contributed by atoms with Gasteiger partial charge in [-0.3, -0.25) is 0 Å². The monoisotopic (exact) mass is 358 g/mol. The Labute approximate surface area is 151 Å². The molecule has 0 unspecified atom stereocenters. The molecule has 6 heteroatoms. The van der Waals surface area contributed by atoms with Crippen molar-refractivity contribution in [1.82, 2.24) is 0 Å². The first kappa shape index (κ1) is 17.8. The van der Waals surface area contributed by atoms with Gasteiger partial charge in [0, 0.05) is 5.02 Å². The molecule has 4 nitrogen and oxygen atoms in total. The Kier molecular flexibility index (Phi) is 6.19. The molecule has 0 atom stereocenters. The van der Waals surface area contributed by atoms with Crippen LogP contribution < -0.4 is 15.2 Å². The summed E-state index contributed by atoms with van der Waals surface area (Å²) in [7, 11) is 1.55. The zero-order chi connectivity index (χ0) is 17.5. The van der Waals surface area contributed by atoms with Gasteiger partial charge in [0.05, 0.1) is 12.7 Å². The highest BCUT2D eigenvalue weighted by Crippen LogP contribution is 2.29. The lowest BCUT2D eigenvalue weighted by Gasteiger charge is -2.11. The average molecular weight is 359 g/mol. The van der Waals surface area contributed by atoms with Crippen LogP contribution in [0.2, 0.25) is 5.02 Å². The molecule has 0 saturated heterocycles. The molecule has 0 aliphatic rings. The summed E-state index contributed by atoms with van der Waals surface area (Å²) < 4.78 is 11.1. The fraction of sp³-hybridized carbons (Fsp3) is 0.111. The van der Waals surface area contributed by atoms with E-state index in [1.165, 1.54) is 0 Å². The van der Waals surface area contributed by atoms with Crippen LogP contribution in [0, 0.1) is 11.3 Å². The Bertz CT molecular complexity index is 811. The fourth-order valence-electron chi connectivity index (χ4n) is 1.96. The molecular weight excluding hydrogens is 344 g/mol. The number of nitrogens with zero attached hydrogens (tertiary/aromatic N) is 1. The van der Waals surface area contributed by atoms with Crippen LogP contribution in [0.5, 0.6) is 11.5 Å². The van der Waals surface area contributed by atoms with Crippen molar-refractivity contribution in [2.24, 2.45) is 5.73 Å². The molecule has 2 N–H and O–H groups in total. The van der Waals surface area contributed by atoms with Gasteiger partial charge in [-0.05, 0) is 41.5 Å². The Morgan fingerprint density at radius 2 is 1.96 bits per heavy atom. The molecule has 0 saturated carbocycles.